The van der Waals surface area contributed by atoms with Gasteiger partial charge >= 0.3 is 5.69 Å². The van der Waals surface area contributed by atoms with Crippen LogP contribution in [0.1, 0.15) is 30.3 Å². The van der Waals surface area contributed by atoms with Crippen LogP contribution in [0.15, 0.2) is 64.0 Å². The van der Waals surface area contributed by atoms with Gasteiger partial charge in [-0.1, -0.05) is 24.3 Å². The molecule has 3 heterocycles. The van der Waals surface area contributed by atoms with Crippen molar-refractivity contribution in [2.75, 3.05) is 19.6 Å². The van der Waals surface area contributed by atoms with E-state index in [9.17, 15) is 4.79 Å². The molecule has 4 rings (SSSR count). The quantitative estimate of drug-likeness (QED) is 0.768. The molecule has 1 aliphatic heterocycles. The standard InChI is InChI=1S/C20H22N4O2/c25-20-22-21-19(24(20)17-8-2-1-3-9-17)16-7-4-12-23(15-16)13-5-10-18-11-6-14-26-18/h1-3,5-6,8-11,14,16H,4,7,12-13,15H2,(H,22,25)/b10-5+/t16-/m0/s1. The summed E-state index contributed by atoms with van der Waals surface area (Å²) in [6, 6.07) is 13.5. The van der Waals surface area contributed by atoms with Crippen molar-refractivity contribution in [3.8, 4) is 5.69 Å². The minimum atomic E-state index is -0.180. The third-order valence-electron chi connectivity index (χ3n) is 4.77. The highest BCUT2D eigenvalue weighted by molar-refractivity contribution is 5.42. The SMILES string of the molecule is O=c1[nH]nc([C@H]2CCCN(C/C=C/c3ccco3)C2)n1-c1ccccc1. The molecule has 6 heteroatoms. The average molecular weight is 350 g/mol. The molecule has 6 nitrogen and oxygen atoms in total. The van der Waals surface area contributed by atoms with E-state index >= 15 is 0 Å². The van der Waals surface area contributed by atoms with Crippen LogP contribution >= 0.6 is 0 Å². The van der Waals surface area contributed by atoms with E-state index in [2.05, 4.69) is 21.2 Å². The molecule has 1 fully saturated rings. The molecule has 2 aromatic heterocycles. The van der Waals surface area contributed by atoms with Crippen LogP contribution in [0, 0.1) is 0 Å². The van der Waals surface area contributed by atoms with E-state index < -0.39 is 0 Å². The van der Waals surface area contributed by atoms with E-state index in [1.807, 2.05) is 48.5 Å². The number of aromatic nitrogens is 3. The zero-order chi connectivity index (χ0) is 17.8. The fourth-order valence-corrected chi connectivity index (χ4v) is 3.55. The molecule has 0 unspecified atom stereocenters. The highest BCUT2D eigenvalue weighted by atomic mass is 16.3. The van der Waals surface area contributed by atoms with Gasteiger partial charge in [-0.05, 0) is 49.7 Å². The van der Waals surface area contributed by atoms with Crippen LogP contribution in [0.5, 0.6) is 0 Å². The van der Waals surface area contributed by atoms with Crippen molar-refractivity contribution in [3.05, 3.63) is 76.9 Å². The molecular weight excluding hydrogens is 328 g/mol. The molecule has 0 saturated carbocycles. The van der Waals surface area contributed by atoms with Gasteiger partial charge in [-0.3, -0.25) is 4.90 Å². The number of nitrogens with one attached hydrogen (secondary N) is 1. The first-order valence-corrected chi connectivity index (χ1v) is 8.96. The summed E-state index contributed by atoms with van der Waals surface area (Å²) in [7, 11) is 0. The third kappa shape index (κ3) is 3.55. The average Bonchev–Trinajstić information content (AvgIpc) is 3.32. The van der Waals surface area contributed by atoms with Crippen molar-refractivity contribution in [3.63, 3.8) is 0 Å². The van der Waals surface area contributed by atoms with Crippen LogP contribution < -0.4 is 5.69 Å². The number of aromatic amines is 1. The van der Waals surface area contributed by atoms with E-state index in [0.29, 0.717) is 0 Å². The molecule has 1 aliphatic rings. The molecule has 3 aromatic rings. The first-order chi connectivity index (χ1) is 12.8. The van der Waals surface area contributed by atoms with Crippen molar-refractivity contribution >= 4 is 6.08 Å². The maximum atomic E-state index is 12.3. The number of nitrogens with zero attached hydrogens (tertiary/aromatic N) is 3. The van der Waals surface area contributed by atoms with Crippen molar-refractivity contribution in [2.24, 2.45) is 0 Å². The van der Waals surface area contributed by atoms with Gasteiger partial charge in [0, 0.05) is 19.0 Å². The Hall–Kier alpha value is -2.86. The molecule has 0 aliphatic carbocycles. The smallest absolute Gasteiger partial charge is 0.347 e. The number of furan rings is 1. The van der Waals surface area contributed by atoms with Gasteiger partial charge in [0.1, 0.15) is 11.6 Å². The highest BCUT2D eigenvalue weighted by Gasteiger charge is 2.26. The number of likely N-dealkylation sites (tertiary alicyclic amines) is 1. The first kappa shape index (κ1) is 16.6. The van der Waals surface area contributed by atoms with Gasteiger partial charge in [0.05, 0.1) is 12.0 Å². The minimum absolute atomic E-state index is 0.180. The van der Waals surface area contributed by atoms with Gasteiger partial charge in [-0.2, -0.15) is 5.10 Å². The molecule has 26 heavy (non-hydrogen) atoms. The summed E-state index contributed by atoms with van der Waals surface area (Å²) < 4.78 is 7.02. The molecule has 0 radical (unpaired) electrons. The number of H-pyrrole nitrogens is 1. The maximum absolute atomic E-state index is 12.3. The summed E-state index contributed by atoms with van der Waals surface area (Å²) in [6.07, 6.45) is 7.93. The van der Waals surface area contributed by atoms with E-state index in [-0.39, 0.29) is 11.6 Å². The Morgan fingerprint density at radius 1 is 1.23 bits per heavy atom. The number of hydrogen-bond donors (Lipinski definition) is 1. The van der Waals surface area contributed by atoms with Crippen LogP contribution in [0.4, 0.5) is 0 Å². The summed E-state index contributed by atoms with van der Waals surface area (Å²) in [4.78, 5) is 14.7. The maximum Gasteiger partial charge on any atom is 0.347 e. The molecule has 134 valence electrons. The summed E-state index contributed by atoms with van der Waals surface area (Å²) in [5.41, 5.74) is 0.678. The lowest BCUT2D eigenvalue weighted by Gasteiger charge is -2.31. The molecular formula is C20H22N4O2. The first-order valence-electron chi connectivity index (χ1n) is 8.96. The van der Waals surface area contributed by atoms with Crippen molar-refractivity contribution in [1.82, 2.24) is 19.7 Å². The largest absolute Gasteiger partial charge is 0.465 e. The molecule has 1 saturated heterocycles. The van der Waals surface area contributed by atoms with Crippen molar-refractivity contribution < 1.29 is 4.42 Å². The van der Waals surface area contributed by atoms with Crippen LogP contribution in [-0.4, -0.2) is 39.3 Å². The summed E-state index contributed by atoms with van der Waals surface area (Å²) in [5, 5.41) is 6.96. The van der Waals surface area contributed by atoms with Crippen LogP contribution in [0.2, 0.25) is 0 Å². The molecule has 1 atom stereocenters. The Morgan fingerprint density at radius 2 is 2.12 bits per heavy atom. The number of rotatable bonds is 5. The summed E-state index contributed by atoms with van der Waals surface area (Å²) >= 11 is 0. The van der Waals surface area contributed by atoms with Crippen molar-refractivity contribution in [2.45, 2.75) is 18.8 Å². The molecule has 1 aromatic carbocycles. The number of piperidine rings is 1. The molecule has 0 amide bonds. The summed E-state index contributed by atoms with van der Waals surface area (Å²) in [6.45, 7) is 2.80. The predicted octanol–water partition coefficient (Wildman–Crippen LogP) is 3.05. The van der Waals surface area contributed by atoms with Crippen molar-refractivity contribution in [1.29, 1.82) is 0 Å². The Balaban J connectivity index is 1.49. The minimum Gasteiger partial charge on any atom is -0.465 e. The zero-order valence-corrected chi connectivity index (χ0v) is 14.5. The molecule has 0 spiro atoms. The van der Waals surface area contributed by atoms with Gasteiger partial charge in [-0.15, -0.1) is 0 Å². The summed E-state index contributed by atoms with van der Waals surface area (Å²) in [5.74, 6) is 1.92. The van der Waals surface area contributed by atoms with Crippen LogP contribution in [-0.2, 0) is 0 Å². The second kappa shape index (κ2) is 7.58. The fourth-order valence-electron chi connectivity index (χ4n) is 3.55. The second-order valence-electron chi connectivity index (χ2n) is 6.57. The van der Waals surface area contributed by atoms with Gasteiger partial charge in [0.25, 0.3) is 0 Å². The monoisotopic (exact) mass is 350 g/mol. The lowest BCUT2D eigenvalue weighted by molar-refractivity contribution is 0.223. The lowest BCUT2D eigenvalue weighted by Crippen LogP contribution is -2.35. The Morgan fingerprint density at radius 3 is 2.92 bits per heavy atom. The Labute approximate surface area is 151 Å². The lowest BCUT2D eigenvalue weighted by atomic mass is 9.97. The molecule has 1 N–H and O–H groups in total. The van der Waals surface area contributed by atoms with E-state index in [0.717, 1.165) is 49.7 Å². The normalized spacial score (nSPS) is 18.5. The number of hydrogen-bond acceptors (Lipinski definition) is 4. The van der Waals surface area contributed by atoms with Gasteiger partial charge in [-0.25, -0.2) is 14.5 Å². The Kier molecular flexibility index (Phi) is 4.84. The van der Waals surface area contributed by atoms with E-state index in [1.165, 1.54) is 0 Å². The van der Waals surface area contributed by atoms with Crippen LogP contribution in [0.25, 0.3) is 11.8 Å². The Bertz CT molecular complexity index is 909. The predicted molar refractivity (Wildman–Crippen MR) is 100 cm³/mol. The van der Waals surface area contributed by atoms with Gasteiger partial charge < -0.3 is 4.42 Å². The van der Waals surface area contributed by atoms with Crippen LogP contribution in [0.3, 0.4) is 0 Å². The topological polar surface area (TPSA) is 67.1 Å². The number of benzene rings is 1. The number of para-hydroxylation sites is 1. The van der Waals surface area contributed by atoms with Gasteiger partial charge in [0.2, 0.25) is 0 Å². The van der Waals surface area contributed by atoms with Gasteiger partial charge in [0.15, 0.2) is 0 Å². The fraction of sp³-hybridized carbons (Fsp3) is 0.300. The van der Waals surface area contributed by atoms with E-state index in [1.54, 1.807) is 10.8 Å². The third-order valence-corrected chi connectivity index (χ3v) is 4.77. The second-order valence-corrected chi connectivity index (χ2v) is 6.57. The molecule has 0 bridgehead atoms. The zero-order valence-electron chi connectivity index (χ0n) is 14.5. The van der Waals surface area contributed by atoms with E-state index in [4.69, 9.17) is 4.42 Å². The highest BCUT2D eigenvalue weighted by Crippen LogP contribution is 2.26.